The van der Waals surface area contributed by atoms with Crippen LogP contribution in [0.5, 0.6) is 0 Å². The van der Waals surface area contributed by atoms with E-state index in [4.69, 9.17) is 4.74 Å². The third kappa shape index (κ3) is 5.24. The maximum atomic E-state index is 9.70. The van der Waals surface area contributed by atoms with Gasteiger partial charge in [-0.25, -0.2) is 5.11 Å². The maximum absolute atomic E-state index is 9.70. The van der Waals surface area contributed by atoms with Crippen LogP contribution in [0.4, 0.5) is 0 Å². The van der Waals surface area contributed by atoms with Crippen LogP contribution in [0, 0.1) is 0 Å². The van der Waals surface area contributed by atoms with Gasteiger partial charge in [-0.05, 0) is 6.08 Å². The summed E-state index contributed by atoms with van der Waals surface area (Å²) in [4.78, 5) is 0. The fourth-order valence-electron chi connectivity index (χ4n) is 0.231. The molecule has 0 saturated carbocycles. The molecule has 0 amide bonds. The van der Waals surface area contributed by atoms with Crippen molar-refractivity contribution < 1.29 is 9.84 Å². The molecule has 0 aliphatic heterocycles. The van der Waals surface area contributed by atoms with E-state index >= 15 is 0 Å². The van der Waals surface area contributed by atoms with Gasteiger partial charge in [0, 0.05) is 0 Å². The Morgan fingerprint density at radius 3 is 2.88 bits per heavy atom. The predicted octanol–water partition coefficient (Wildman–Crippen LogP) is 1.13. The second-order valence-electron chi connectivity index (χ2n) is 1.16. The van der Waals surface area contributed by atoms with E-state index in [1.54, 1.807) is 6.08 Å². The summed E-state index contributed by atoms with van der Waals surface area (Å²) >= 11 is 0. The fourth-order valence-corrected chi connectivity index (χ4v) is 0.231. The number of rotatable bonds is 4. The standard InChI is InChI=1S/C6H9O2/c1-2-5-8-6-3-4-7/h2-3,6H,1,4-5H2. The fraction of sp³-hybridized carbons (Fsp3) is 0.333. The second-order valence-corrected chi connectivity index (χ2v) is 1.16. The molecule has 0 bridgehead atoms. The smallest absolute Gasteiger partial charge is 0.105 e. The van der Waals surface area contributed by atoms with Gasteiger partial charge in [-0.15, -0.1) is 0 Å². The highest BCUT2D eigenvalue weighted by molar-refractivity contribution is 4.73. The molecule has 0 spiro atoms. The van der Waals surface area contributed by atoms with E-state index in [0.717, 1.165) is 0 Å². The Morgan fingerprint density at radius 1 is 1.62 bits per heavy atom. The summed E-state index contributed by atoms with van der Waals surface area (Å²) in [6.07, 6.45) is 4.41. The SMILES string of the molecule is C=CCOC=CC[O]. The quantitative estimate of drug-likeness (QED) is 0.305. The molecule has 0 saturated heterocycles. The minimum atomic E-state index is -0.225. The third-order valence-corrected chi connectivity index (χ3v) is 0.503. The van der Waals surface area contributed by atoms with Crippen molar-refractivity contribution in [3.63, 3.8) is 0 Å². The highest BCUT2D eigenvalue weighted by Gasteiger charge is 1.69. The van der Waals surface area contributed by atoms with Crippen LogP contribution < -0.4 is 0 Å². The summed E-state index contributed by atoms with van der Waals surface area (Å²) in [7, 11) is 0. The van der Waals surface area contributed by atoms with E-state index in [1.165, 1.54) is 12.3 Å². The van der Waals surface area contributed by atoms with Crippen molar-refractivity contribution in [3.05, 3.63) is 25.0 Å². The summed E-state index contributed by atoms with van der Waals surface area (Å²) in [5, 5.41) is 9.70. The summed E-state index contributed by atoms with van der Waals surface area (Å²) in [5.74, 6) is 0. The largest absolute Gasteiger partial charge is 0.497 e. The second kappa shape index (κ2) is 6.24. The van der Waals surface area contributed by atoms with E-state index in [0.29, 0.717) is 6.61 Å². The van der Waals surface area contributed by atoms with Crippen molar-refractivity contribution in [3.8, 4) is 0 Å². The molecule has 8 heavy (non-hydrogen) atoms. The molecule has 0 N–H and O–H groups in total. The first-order valence-electron chi connectivity index (χ1n) is 2.37. The lowest BCUT2D eigenvalue weighted by atomic mass is 10.6. The Balaban J connectivity index is 2.90. The van der Waals surface area contributed by atoms with Crippen LogP contribution in [0.3, 0.4) is 0 Å². The summed E-state index contributed by atoms with van der Waals surface area (Å²) in [6, 6.07) is 0. The van der Waals surface area contributed by atoms with Gasteiger partial charge in [-0.3, -0.25) is 0 Å². The van der Waals surface area contributed by atoms with Gasteiger partial charge in [-0.1, -0.05) is 12.7 Å². The van der Waals surface area contributed by atoms with Crippen molar-refractivity contribution in [2.75, 3.05) is 13.2 Å². The lowest BCUT2D eigenvalue weighted by Gasteiger charge is -1.89. The van der Waals surface area contributed by atoms with Crippen LogP contribution in [-0.2, 0) is 9.84 Å². The first kappa shape index (κ1) is 7.24. The van der Waals surface area contributed by atoms with Gasteiger partial charge >= 0.3 is 0 Å². The molecule has 1 radical (unpaired) electrons. The van der Waals surface area contributed by atoms with Gasteiger partial charge in [0.15, 0.2) is 0 Å². The lowest BCUT2D eigenvalue weighted by molar-refractivity contribution is 0.224. The van der Waals surface area contributed by atoms with Crippen molar-refractivity contribution in [2.45, 2.75) is 0 Å². The highest BCUT2D eigenvalue weighted by Crippen LogP contribution is 1.75. The van der Waals surface area contributed by atoms with Gasteiger partial charge < -0.3 is 4.74 Å². The Hall–Kier alpha value is -0.760. The number of ether oxygens (including phenoxy) is 1. The van der Waals surface area contributed by atoms with Crippen molar-refractivity contribution >= 4 is 0 Å². The molecule has 0 atom stereocenters. The molecule has 0 rings (SSSR count). The van der Waals surface area contributed by atoms with Gasteiger partial charge in [0.1, 0.15) is 13.2 Å². The van der Waals surface area contributed by atoms with E-state index in [9.17, 15) is 5.11 Å². The molecular formula is C6H9O2. The molecule has 0 aromatic rings. The molecular weight excluding hydrogens is 104 g/mol. The minimum Gasteiger partial charge on any atom is -0.497 e. The van der Waals surface area contributed by atoms with Crippen molar-refractivity contribution in [1.82, 2.24) is 0 Å². The van der Waals surface area contributed by atoms with Crippen LogP contribution in [-0.4, -0.2) is 13.2 Å². The van der Waals surface area contributed by atoms with Crippen LogP contribution in [0.25, 0.3) is 0 Å². The van der Waals surface area contributed by atoms with Crippen LogP contribution in [0.2, 0.25) is 0 Å². The number of hydrogen-bond donors (Lipinski definition) is 0. The summed E-state index contributed by atoms with van der Waals surface area (Å²) in [5.41, 5.74) is 0. The Kier molecular flexibility index (Phi) is 5.65. The van der Waals surface area contributed by atoms with Gasteiger partial charge in [0.05, 0.1) is 6.26 Å². The number of hydrogen-bond acceptors (Lipinski definition) is 1. The first-order valence-corrected chi connectivity index (χ1v) is 2.37. The van der Waals surface area contributed by atoms with E-state index in [2.05, 4.69) is 6.58 Å². The molecule has 0 fully saturated rings. The summed E-state index contributed by atoms with van der Waals surface area (Å²) < 4.78 is 4.72. The zero-order valence-electron chi connectivity index (χ0n) is 4.67. The average molecular weight is 113 g/mol. The summed E-state index contributed by atoms with van der Waals surface area (Å²) in [6.45, 7) is 3.66. The predicted molar refractivity (Wildman–Crippen MR) is 30.8 cm³/mol. The molecule has 0 aliphatic rings. The molecule has 0 unspecified atom stereocenters. The Labute approximate surface area is 49.1 Å². The van der Waals surface area contributed by atoms with E-state index < -0.39 is 0 Å². The Morgan fingerprint density at radius 2 is 2.38 bits per heavy atom. The molecule has 2 nitrogen and oxygen atoms in total. The third-order valence-electron chi connectivity index (χ3n) is 0.503. The monoisotopic (exact) mass is 113 g/mol. The molecule has 0 aromatic carbocycles. The molecule has 2 heteroatoms. The maximum Gasteiger partial charge on any atom is 0.105 e. The molecule has 0 heterocycles. The van der Waals surface area contributed by atoms with Gasteiger partial charge in [-0.2, -0.15) is 0 Å². The van der Waals surface area contributed by atoms with Crippen molar-refractivity contribution in [2.24, 2.45) is 0 Å². The van der Waals surface area contributed by atoms with Gasteiger partial charge in [0.2, 0.25) is 0 Å². The van der Waals surface area contributed by atoms with Crippen LogP contribution in [0.1, 0.15) is 0 Å². The van der Waals surface area contributed by atoms with Gasteiger partial charge in [0.25, 0.3) is 0 Å². The zero-order chi connectivity index (χ0) is 6.24. The normalized spacial score (nSPS) is 9.62. The molecule has 0 aromatic heterocycles. The van der Waals surface area contributed by atoms with Crippen LogP contribution >= 0.6 is 0 Å². The molecule has 0 aliphatic carbocycles. The molecule has 45 valence electrons. The highest BCUT2D eigenvalue weighted by atomic mass is 16.5. The lowest BCUT2D eigenvalue weighted by Crippen LogP contribution is -1.79. The van der Waals surface area contributed by atoms with Crippen molar-refractivity contribution in [1.29, 1.82) is 0 Å². The minimum absolute atomic E-state index is 0.225. The van der Waals surface area contributed by atoms with Crippen LogP contribution in [0.15, 0.2) is 25.0 Å². The van der Waals surface area contributed by atoms with E-state index in [1.807, 2.05) is 0 Å². The van der Waals surface area contributed by atoms with E-state index in [-0.39, 0.29) is 6.61 Å². The Bertz CT molecular complexity index is 76.6. The zero-order valence-corrected chi connectivity index (χ0v) is 4.67. The average Bonchev–Trinajstić information content (AvgIpc) is 1.81. The first-order chi connectivity index (χ1) is 3.91. The topological polar surface area (TPSA) is 29.1 Å².